The van der Waals surface area contributed by atoms with E-state index in [1.165, 1.54) is 6.08 Å². The maximum absolute atomic E-state index is 11.7. The first-order chi connectivity index (χ1) is 10.8. The third-order valence-electron chi connectivity index (χ3n) is 4.92. The molecular weight excluding hydrogens is 312 g/mol. The van der Waals surface area contributed by atoms with Gasteiger partial charge in [-0.05, 0) is 11.0 Å². The standard InChI is InChI=1S/C21H30O3.CH4/c1-10-14(19(23)24)15-12(3)16(20(5,6)7)18(22)17(13(15)4)21(8,9)11-2;/h10-11,14-16,22H,1-4H2,5-9H3,(H,23,24);1H4. The highest BCUT2D eigenvalue weighted by molar-refractivity contribution is 5.75. The number of hydrogen-bond donors (Lipinski definition) is 2. The second-order valence-electron chi connectivity index (χ2n) is 8.16. The van der Waals surface area contributed by atoms with E-state index in [1.54, 1.807) is 6.08 Å². The summed E-state index contributed by atoms with van der Waals surface area (Å²) in [6.45, 7) is 25.7. The Hall–Kier alpha value is -2.03. The summed E-state index contributed by atoms with van der Waals surface area (Å²) in [6.07, 6.45) is 3.17. The fraction of sp³-hybridized carbons (Fsp3) is 0.500. The van der Waals surface area contributed by atoms with Gasteiger partial charge in [0.25, 0.3) is 0 Å². The van der Waals surface area contributed by atoms with Crippen molar-refractivity contribution < 1.29 is 15.0 Å². The van der Waals surface area contributed by atoms with Gasteiger partial charge >= 0.3 is 5.97 Å². The fourth-order valence-corrected chi connectivity index (χ4v) is 3.68. The van der Waals surface area contributed by atoms with E-state index in [0.29, 0.717) is 16.7 Å². The molecule has 0 bridgehead atoms. The van der Waals surface area contributed by atoms with Gasteiger partial charge in [-0.2, -0.15) is 0 Å². The van der Waals surface area contributed by atoms with Gasteiger partial charge < -0.3 is 10.2 Å². The predicted molar refractivity (Wildman–Crippen MR) is 106 cm³/mol. The Bertz CT molecular complexity index is 626. The minimum Gasteiger partial charge on any atom is -0.511 e. The second kappa shape index (κ2) is 7.47. The number of carbonyl (C=O) groups is 1. The van der Waals surface area contributed by atoms with E-state index in [9.17, 15) is 15.0 Å². The van der Waals surface area contributed by atoms with Crippen molar-refractivity contribution in [3.05, 3.63) is 60.9 Å². The van der Waals surface area contributed by atoms with Crippen molar-refractivity contribution in [1.82, 2.24) is 0 Å². The Balaban J connectivity index is 0.00000576. The summed E-state index contributed by atoms with van der Waals surface area (Å²) >= 11 is 0. The van der Waals surface area contributed by atoms with E-state index in [1.807, 2.05) is 34.6 Å². The van der Waals surface area contributed by atoms with Crippen LogP contribution in [0.2, 0.25) is 0 Å². The van der Waals surface area contributed by atoms with Crippen LogP contribution in [0.1, 0.15) is 42.0 Å². The zero-order chi connectivity index (χ0) is 19.0. The summed E-state index contributed by atoms with van der Waals surface area (Å²) in [7, 11) is 0. The molecule has 3 heteroatoms. The van der Waals surface area contributed by atoms with Gasteiger partial charge in [-0.1, -0.05) is 72.9 Å². The number of aliphatic hydroxyl groups excluding tert-OH is 1. The van der Waals surface area contributed by atoms with Crippen LogP contribution >= 0.6 is 0 Å². The van der Waals surface area contributed by atoms with Crippen LogP contribution < -0.4 is 0 Å². The molecule has 0 spiro atoms. The Morgan fingerprint density at radius 2 is 1.64 bits per heavy atom. The van der Waals surface area contributed by atoms with E-state index in [4.69, 9.17) is 0 Å². The number of carboxylic acid groups (broad SMARTS) is 1. The first-order valence-corrected chi connectivity index (χ1v) is 8.11. The number of aliphatic hydroxyl groups is 1. The molecule has 1 aliphatic rings. The van der Waals surface area contributed by atoms with Crippen molar-refractivity contribution in [3.8, 4) is 0 Å². The van der Waals surface area contributed by atoms with Crippen molar-refractivity contribution in [3.63, 3.8) is 0 Å². The molecule has 0 amide bonds. The lowest BCUT2D eigenvalue weighted by atomic mass is 9.59. The zero-order valence-electron chi connectivity index (χ0n) is 15.5. The quantitative estimate of drug-likeness (QED) is 0.606. The van der Waals surface area contributed by atoms with Crippen molar-refractivity contribution in [2.24, 2.45) is 28.6 Å². The molecule has 3 atom stereocenters. The molecule has 0 aliphatic heterocycles. The van der Waals surface area contributed by atoms with Crippen molar-refractivity contribution in [1.29, 1.82) is 0 Å². The fourth-order valence-electron chi connectivity index (χ4n) is 3.68. The summed E-state index contributed by atoms with van der Waals surface area (Å²) < 4.78 is 0. The van der Waals surface area contributed by atoms with Crippen molar-refractivity contribution in [2.75, 3.05) is 0 Å². The highest BCUT2D eigenvalue weighted by Gasteiger charge is 2.47. The molecule has 25 heavy (non-hydrogen) atoms. The molecule has 3 nitrogen and oxygen atoms in total. The molecule has 0 aromatic carbocycles. The van der Waals surface area contributed by atoms with Gasteiger partial charge in [0.05, 0.1) is 5.92 Å². The lowest BCUT2D eigenvalue weighted by molar-refractivity contribution is -0.141. The van der Waals surface area contributed by atoms with Gasteiger partial charge in [0.2, 0.25) is 0 Å². The molecule has 0 saturated carbocycles. The molecule has 1 rings (SSSR count). The Labute approximate surface area is 153 Å². The maximum atomic E-state index is 11.7. The van der Waals surface area contributed by atoms with Gasteiger partial charge in [0, 0.05) is 22.8 Å². The van der Waals surface area contributed by atoms with Crippen molar-refractivity contribution >= 4 is 5.97 Å². The topological polar surface area (TPSA) is 57.5 Å². The van der Waals surface area contributed by atoms with Crippen LogP contribution in [0.3, 0.4) is 0 Å². The summed E-state index contributed by atoms with van der Waals surface area (Å²) in [5.41, 5.74) is 1.06. The Morgan fingerprint density at radius 3 is 1.96 bits per heavy atom. The highest BCUT2D eigenvalue weighted by atomic mass is 16.4. The van der Waals surface area contributed by atoms with Crippen molar-refractivity contribution in [2.45, 2.75) is 42.0 Å². The van der Waals surface area contributed by atoms with Gasteiger partial charge in [-0.15, -0.1) is 13.2 Å². The molecule has 0 aromatic heterocycles. The SMILES string of the molecule is C.C=CC(C(=O)O)C1C(=C)C(C(C)(C)C=C)=C(O)C(C(C)(C)C)C1=C. The zero-order valence-corrected chi connectivity index (χ0v) is 15.5. The summed E-state index contributed by atoms with van der Waals surface area (Å²) in [6, 6.07) is 0. The Kier molecular flexibility index (Phi) is 6.86. The summed E-state index contributed by atoms with van der Waals surface area (Å²) in [4.78, 5) is 11.7. The van der Waals surface area contributed by atoms with E-state index < -0.39 is 23.2 Å². The van der Waals surface area contributed by atoms with E-state index in [2.05, 4.69) is 26.3 Å². The van der Waals surface area contributed by atoms with Crippen LogP contribution in [-0.2, 0) is 4.79 Å². The van der Waals surface area contributed by atoms with E-state index in [0.717, 1.165) is 0 Å². The van der Waals surface area contributed by atoms with Crippen LogP contribution in [-0.4, -0.2) is 16.2 Å². The molecular formula is C22H34O3. The van der Waals surface area contributed by atoms with Crippen LogP contribution in [0.5, 0.6) is 0 Å². The molecule has 0 radical (unpaired) electrons. The maximum Gasteiger partial charge on any atom is 0.311 e. The minimum atomic E-state index is -0.970. The summed E-state index contributed by atoms with van der Waals surface area (Å²) in [5.74, 6) is -2.45. The van der Waals surface area contributed by atoms with Crippen LogP contribution in [0.25, 0.3) is 0 Å². The largest absolute Gasteiger partial charge is 0.511 e. The second-order valence-corrected chi connectivity index (χ2v) is 8.16. The third-order valence-corrected chi connectivity index (χ3v) is 4.92. The van der Waals surface area contributed by atoms with Gasteiger partial charge in [-0.25, -0.2) is 0 Å². The third kappa shape index (κ3) is 3.97. The number of aliphatic carboxylic acids is 1. The molecule has 1 aliphatic carbocycles. The van der Waals surface area contributed by atoms with Gasteiger partial charge in [0.15, 0.2) is 0 Å². The molecule has 3 unspecified atom stereocenters. The van der Waals surface area contributed by atoms with E-state index >= 15 is 0 Å². The smallest absolute Gasteiger partial charge is 0.311 e. The van der Waals surface area contributed by atoms with Crippen LogP contribution in [0, 0.1) is 28.6 Å². The summed E-state index contributed by atoms with van der Waals surface area (Å²) in [5, 5.41) is 20.6. The number of rotatable bonds is 5. The molecule has 140 valence electrons. The van der Waals surface area contributed by atoms with E-state index in [-0.39, 0.29) is 24.5 Å². The van der Waals surface area contributed by atoms with Gasteiger partial charge in [0.1, 0.15) is 5.76 Å². The molecule has 0 saturated heterocycles. The monoisotopic (exact) mass is 346 g/mol. The lowest BCUT2D eigenvalue weighted by Gasteiger charge is -2.45. The average Bonchev–Trinajstić information content (AvgIpc) is 2.40. The molecule has 0 fully saturated rings. The highest BCUT2D eigenvalue weighted by Crippen LogP contribution is 2.53. The first kappa shape index (κ1) is 23.0. The normalized spacial score (nSPS) is 22.9. The average molecular weight is 347 g/mol. The number of hydrogen-bond acceptors (Lipinski definition) is 2. The number of carboxylic acids is 1. The molecule has 0 heterocycles. The first-order valence-electron chi connectivity index (χ1n) is 8.11. The minimum absolute atomic E-state index is 0. The molecule has 2 N–H and O–H groups in total. The Morgan fingerprint density at radius 1 is 1.16 bits per heavy atom. The molecule has 0 aromatic rings. The predicted octanol–water partition coefficient (Wildman–Crippen LogP) is 5.94. The lowest BCUT2D eigenvalue weighted by Crippen LogP contribution is -2.39. The van der Waals surface area contributed by atoms with Crippen LogP contribution in [0.15, 0.2) is 60.9 Å². The van der Waals surface area contributed by atoms with Gasteiger partial charge in [-0.3, -0.25) is 4.79 Å². The number of allylic oxidation sites excluding steroid dienone is 4. The van der Waals surface area contributed by atoms with Crippen LogP contribution in [0.4, 0.5) is 0 Å².